The van der Waals surface area contributed by atoms with E-state index in [4.69, 9.17) is 0 Å². The van der Waals surface area contributed by atoms with E-state index >= 15 is 0 Å². The van der Waals surface area contributed by atoms with Crippen molar-refractivity contribution in [1.29, 1.82) is 0 Å². The van der Waals surface area contributed by atoms with Gasteiger partial charge >= 0.3 is 0 Å². The van der Waals surface area contributed by atoms with Crippen molar-refractivity contribution in [2.75, 3.05) is 13.1 Å². The number of aryl methyl sites for hydroxylation is 1. The number of rotatable bonds is 6. The van der Waals surface area contributed by atoms with Crippen LogP contribution >= 0.6 is 0 Å². The van der Waals surface area contributed by atoms with Gasteiger partial charge in [-0.1, -0.05) is 57.9 Å². The minimum Gasteiger partial charge on any atom is -0.316 e. The van der Waals surface area contributed by atoms with E-state index in [1.807, 2.05) is 0 Å². The Labute approximate surface area is 118 Å². The summed E-state index contributed by atoms with van der Waals surface area (Å²) < 4.78 is 0. The average Bonchev–Trinajstić information content (AvgIpc) is 2.45. The standard InChI is InChI=1S/C18H29N/c1-4-9-15(3)18(14-19-5-2)13-8-11-16-10-6-7-12-17(16)18/h6-7,10,12,15,19H,4-5,8-9,11,13-14H2,1-3H3. The van der Waals surface area contributed by atoms with Crippen LogP contribution in [0.2, 0.25) is 0 Å². The number of benzene rings is 1. The van der Waals surface area contributed by atoms with Crippen molar-refractivity contribution in [3.63, 3.8) is 0 Å². The van der Waals surface area contributed by atoms with E-state index in [1.165, 1.54) is 32.1 Å². The third-order valence-electron chi connectivity index (χ3n) is 4.98. The van der Waals surface area contributed by atoms with Crippen LogP contribution in [0, 0.1) is 5.92 Å². The molecule has 106 valence electrons. The molecule has 2 rings (SSSR count). The maximum atomic E-state index is 3.64. The maximum Gasteiger partial charge on any atom is 0.0106 e. The highest BCUT2D eigenvalue weighted by molar-refractivity contribution is 5.38. The minimum absolute atomic E-state index is 0.362. The quantitative estimate of drug-likeness (QED) is 0.803. The molecular formula is C18H29N. The van der Waals surface area contributed by atoms with Crippen molar-refractivity contribution >= 4 is 0 Å². The summed E-state index contributed by atoms with van der Waals surface area (Å²) in [5.41, 5.74) is 3.58. The smallest absolute Gasteiger partial charge is 0.0106 e. The topological polar surface area (TPSA) is 12.0 Å². The Morgan fingerprint density at radius 2 is 2.05 bits per heavy atom. The largest absolute Gasteiger partial charge is 0.316 e. The number of fused-ring (bicyclic) bond motifs is 1. The van der Waals surface area contributed by atoms with E-state index in [9.17, 15) is 0 Å². The monoisotopic (exact) mass is 259 g/mol. The molecule has 1 heteroatoms. The van der Waals surface area contributed by atoms with Crippen LogP contribution in [0.15, 0.2) is 24.3 Å². The van der Waals surface area contributed by atoms with Gasteiger partial charge in [0.15, 0.2) is 0 Å². The molecule has 1 aromatic carbocycles. The zero-order chi connectivity index (χ0) is 13.7. The molecule has 0 saturated carbocycles. The van der Waals surface area contributed by atoms with Gasteiger partial charge in [-0.3, -0.25) is 0 Å². The van der Waals surface area contributed by atoms with Crippen LogP contribution in [0.5, 0.6) is 0 Å². The van der Waals surface area contributed by atoms with Crippen LogP contribution in [-0.2, 0) is 11.8 Å². The molecular weight excluding hydrogens is 230 g/mol. The first-order chi connectivity index (χ1) is 9.24. The van der Waals surface area contributed by atoms with Crippen LogP contribution in [0.1, 0.15) is 57.6 Å². The number of hydrogen-bond donors (Lipinski definition) is 1. The molecule has 0 amide bonds. The van der Waals surface area contributed by atoms with Gasteiger partial charge < -0.3 is 5.32 Å². The van der Waals surface area contributed by atoms with Gasteiger partial charge in [0.1, 0.15) is 0 Å². The van der Waals surface area contributed by atoms with Gasteiger partial charge in [0, 0.05) is 12.0 Å². The highest BCUT2D eigenvalue weighted by Crippen LogP contribution is 2.44. The molecule has 0 heterocycles. The molecule has 0 radical (unpaired) electrons. The zero-order valence-electron chi connectivity index (χ0n) is 12.8. The summed E-state index contributed by atoms with van der Waals surface area (Å²) in [5.74, 6) is 0.762. The molecule has 0 aromatic heterocycles. The van der Waals surface area contributed by atoms with E-state index in [0.29, 0.717) is 5.41 Å². The summed E-state index contributed by atoms with van der Waals surface area (Å²) in [7, 11) is 0. The van der Waals surface area contributed by atoms with Crippen molar-refractivity contribution in [3.05, 3.63) is 35.4 Å². The molecule has 2 unspecified atom stereocenters. The van der Waals surface area contributed by atoms with Crippen LogP contribution in [-0.4, -0.2) is 13.1 Å². The second-order valence-corrected chi connectivity index (χ2v) is 6.14. The Balaban J connectivity index is 2.37. The highest BCUT2D eigenvalue weighted by atomic mass is 14.9. The molecule has 0 bridgehead atoms. The van der Waals surface area contributed by atoms with Gasteiger partial charge in [-0.15, -0.1) is 0 Å². The first-order valence-corrected chi connectivity index (χ1v) is 8.03. The lowest BCUT2D eigenvalue weighted by Gasteiger charge is -2.44. The summed E-state index contributed by atoms with van der Waals surface area (Å²) in [5, 5.41) is 3.64. The average molecular weight is 259 g/mol. The molecule has 1 N–H and O–H groups in total. The summed E-state index contributed by atoms with van der Waals surface area (Å²) >= 11 is 0. The fourth-order valence-corrected chi connectivity index (χ4v) is 3.88. The summed E-state index contributed by atoms with van der Waals surface area (Å²) in [6, 6.07) is 9.15. The van der Waals surface area contributed by atoms with Gasteiger partial charge in [0.05, 0.1) is 0 Å². The Kier molecular flexibility index (Phi) is 5.04. The molecule has 0 saturated heterocycles. The fraction of sp³-hybridized carbons (Fsp3) is 0.667. The van der Waals surface area contributed by atoms with Crippen LogP contribution < -0.4 is 5.32 Å². The second kappa shape index (κ2) is 6.56. The summed E-state index contributed by atoms with van der Waals surface area (Å²) in [4.78, 5) is 0. The Bertz CT molecular complexity index is 398. The molecule has 1 aromatic rings. The normalized spacial score (nSPS) is 23.9. The predicted molar refractivity (Wildman–Crippen MR) is 83.7 cm³/mol. The SMILES string of the molecule is CCCC(C)C1(CNCC)CCCc2ccccc21. The lowest BCUT2D eigenvalue weighted by Crippen LogP contribution is -2.45. The molecule has 1 aliphatic carbocycles. The number of hydrogen-bond acceptors (Lipinski definition) is 1. The molecule has 1 aliphatic rings. The maximum absolute atomic E-state index is 3.64. The van der Waals surface area contributed by atoms with Gasteiger partial charge in [-0.2, -0.15) is 0 Å². The lowest BCUT2D eigenvalue weighted by atomic mass is 9.62. The van der Waals surface area contributed by atoms with Gasteiger partial charge in [-0.05, 0) is 42.9 Å². The van der Waals surface area contributed by atoms with Crippen molar-refractivity contribution in [2.45, 2.75) is 58.3 Å². The molecule has 0 fully saturated rings. The van der Waals surface area contributed by atoms with E-state index in [2.05, 4.69) is 50.4 Å². The fourth-order valence-electron chi connectivity index (χ4n) is 3.88. The van der Waals surface area contributed by atoms with Crippen molar-refractivity contribution in [2.24, 2.45) is 5.92 Å². The van der Waals surface area contributed by atoms with Crippen LogP contribution in [0.3, 0.4) is 0 Å². The molecule has 2 atom stereocenters. The van der Waals surface area contributed by atoms with Crippen LogP contribution in [0.25, 0.3) is 0 Å². The first kappa shape index (κ1) is 14.6. The van der Waals surface area contributed by atoms with Gasteiger partial charge in [0.2, 0.25) is 0 Å². The number of likely N-dealkylation sites (N-methyl/N-ethyl adjacent to an activating group) is 1. The summed E-state index contributed by atoms with van der Waals surface area (Å²) in [6.45, 7) is 9.20. The van der Waals surface area contributed by atoms with Crippen LogP contribution in [0.4, 0.5) is 0 Å². The Hall–Kier alpha value is -0.820. The van der Waals surface area contributed by atoms with E-state index in [-0.39, 0.29) is 0 Å². The third-order valence-corrected chi connectivity index (χ3v) is 4.98. The van der Waals surface area contributed by atoms with E-state index < -0.39 is 0 Å². The highest BCUT2D eigenvalue weighted by Gasteiger charge is 2.40. The van der Waals surface area contributed by atoms with Crippen molar-refractivity contribution in [1.82, 2.24) is 5.32 Å². The predicted octanol–water partition coefficient (Wildman–Crippen LogP) is 4.31. The first-order valence-electron chi connectivity index (χ1n) is 8.03. The molecule has 19 heavy (non-hydrogen) atoms. The third kappa shape index (κ3) is 2.86. The molecule has 1 nitrogen and oxygen atoms in total. The number of nitrogens with one attached hydrogen (secondary N) is 1. The zero-order valence-corrected chi connectivity index (χ0v) is 12.8. The lowest BCUT2D eigenvalue weighted by molar-refractivity contribution is 0.224. The van der Waals surface area contributed by atoms with Crippen molar-refractivity contribution < 1.29 is 0 Å². The van der Waals surface area contributed by atoms with E-state index in [0.717, 1.165) is 19.0 Å². The second-order valence-electron chi connectivity index (χ2n) is 6.14. The van der Waals surface area contributed by atoms with Crippen molar-refractivity contribution in [3.8, 4) is 0 Å². The van der Waals surface area contributed by atoms with E-state index in [1.54, 1.807) is 11.1 Å². The Morgan fingerprint density at radius 1 is 1.26 bits per heavy atom. The molecule has 0 spiro atoms. The Morgan fingerprint density at radius 3 is 2.79 bits per heavy atom. The van der Waals surface area contributed by atoms with Gasteiger partial charge in [-0.25, -0.2) is 0 Å². The minimum atomic E-state index is 0.362. The summed E-state index contributed by atoms with van der Waals surface area (Å²) in [6.07, 6.45) is 6.58. The molecule has 0 aliphatic heterocycles. The van der Waals surface area contributed by atoms with Gasteiger partial charge in [0.25, 0.3) is 0 Å².